The van der Waals surface area contributed by atoms with Gasteiger partial charge >= 0.3 is 22.2 Å². The zero-order chi connectivity index (χ0) is 18.4. The first-order valence-electron chi connectivity index (χ1n) is 8.81. The summed E-state index contributed by atoms with van der Waals surface area (Å²) in [5.74, 6) is 0. The molecule has 0 fully saturated rings. The van der Waals surface area contributed by atoms with Gasteiger partial charge in [0.15, 0.2) is 0 Å². The monoisotopic (exact) mass is 386 g/mol. The summed E-state index contributed by atoms with van der Waals surface area (Å²) in [5.41, 5.74) is 1.34. The Bertz CT molecular complexity index is 554. The second kappa shape index (κ2) is 14.7. The molecule has 0 amide bonds. The molecule has 4 heteroatoms. The summed E-state index contributed by atoms with van der Waals surface area (Å²) in [6.45, 7) is 7.84. The zero-order valence-corrected chi connectivity index (χ0v) is 18.2. The predicted octanol–water partition coefficient (Wildman–Crippen LogP) is 6.06. The van der Waals surface area contributed by atoms with Crippen molar-refractivity contribution in [3.63, 3.8) is 0 Å². The van der Waals surface area contributed by atoms with E-state index in [1.807, 2.05) is 25.2 Å². The van der Waals surface area contributed by atoms with Gasteiger partial charge in [0.25, 0.3) is 0 Å². The number of thiophene rings is 1. The van der Waals surface area contributed by atoms with Crippen LogP contribution >= 0.6 is 11.3 Å². The van der Waals surface area contributed by atoms with Crippen LogP contribution in [0.4, 0.5) is 5.00 Å². The van der Waals surface area contributed by atoms with Crippen LogP contribution in [0.2, 0.25) is 0 Å². The fraction of sp³-hybridized carbons (Fsp3) is 0.550. The van der Waals surface area contributed by atoms with Crippen molar-refractivity contribution in [2.45, 2.75) is 53.1 Å². The maximum atomic E-state index is 5.90. The van der Waals surface area contributed by atoms with E-state index in [1.165, 1.54) is 46.3 Å². The molecule has 135 valence electrons. The van der Waals surface area contributed by atoms with E-state index in [2.05, 4.69) is 72.4 Å². The number of hydrogen-bond donors (Lipinski definition) is 0. The molecule has 1 heterocycles. The van der Waals surface area contributed by atoms with E-state index in [1.54, 1.807) is 0 Å². The minimum atomic E-state index is 0.726. The molecular formula is C20H33NOSV. The van der Waals surface area contributed by atoms with Crippen molar-refractivity contribution in [1.29, 1.82) is 0 Å². The van der Waals surface area contributed by atoms with Gasteiger partial charge in [-0.3, -0.25) is 0 Å². The molecule has 0 unspecified atom stereocenters. The summed E-state index contributed by atoms with van der Waals surface area (Å²) < 4.78 is 7.25. The molecule has 0 aliphatic rings. The molecule has 24 heavy (non-hydrogen) atoms. The minimum absolute atomic E-state index is 0.726. The molecule has 0 saturated carbocycles. The van der Waals surface area contributed by atoms with E-state index in [0.29, 0.717) is 0 Å². The third kappa shape index (κ3) is 7.52. The number of fused-ring (bicyclic) bond motifs is 1. The number of ether oxygens (including phenoxy) is 1. The van der Waals surface area contributed by atoms with Gasteiger partial charge in [-0.1, -0.05) is 58.2 Å². The van der Waals surface area contributed by atoms with Crippen molar-refractivity contribution in [2.24, 2.45) is 0 Å². The molecule has 0 atom stereocenters. The van der Waals surface area contributed by atoms with E-state index < -0.39 is 0 Å². The molecule has 1 aromatic carbocycles. The SMILES string of the molecule is CC.CCCCCCOCc1c(N(C)C)sc2ccccc12.[CH2]=[V]. The fourth-order valence-electron chi connectivity index (χ4n) is 2.39. The number of nitrogens with zero attached hydrogens (tertiary/aromatic N) is 1. The molecule has 0 aliphatic heterocycles. The number of rotatable bonds is 8. The van der Waals surface area contributed by atoms with Gasteiger partial charge in [-0.2, -0.15) is 0 Å². The van der Waals surface area contributed by atoms with Crippen molar-refractivity contribution in [2.75, 3.05) is 25.6 Å². The second-order valence-electron chi connectivity index (χ2n) is 5.39. The van der Waals surface area contributed by atoms with Gasteiger partial charge in [-0.15, -0.1) is 11.3 Å². The van der Waals surface area contributed by atoms with Crippen molar-refractivity contribution >= 4 is 31.7 Å². The Morgan fingerprint density at radius 2 is 1.75 bits per heavy atom. The van der Waals surface area contributed by atoms with Gasteiger partial charge in [0.2, 0.25) is 0 Å². The van der Waals surface area contributed by atoms with Crippen molar-refractivity contribution in [3.8, 4) is 0 Å². The van der Waals surface area contributed by atoms with Gasteiger partial charge in [-0.05, 0) is 12.5 Å². The molecule has 1 aromatic heterocycles. The number of unbranched alkanes of at least 4 members (excludes halogenated alkanes) is 3. The van der Waals surface area contributed by atoms with Gasteiger partial charge in [0, 0.05) is 36.4 Å². The van der Waals surface area contributed by atoms with Crippen LogP contribution in [0.15, 0.2) is 24.3 Å². The van der Waals surface area contributed by atoms with E-state index >= 15 is 0 Å². The number of benzene rings is 1. The normalized spacial score (nSPS) is 9.67. The van der Waals surface area contributed by atoms with Gasteiger partial charge in [-0.25, -0.2) is 0 Å². The second-order valence-corrected chi connectivity index (χ2v) is 6.42. The van der Waals surface area contributed by atoms with Crippen LogP contribution in [0.5, 0.6) is 0 Å². The van der Waals surface area contributed by atoms with Gasteiger partial charge < -0.3 is 9.64 Å². The summed E-state index contributed by atoms with van der Waals surface area (Å²) in [6, 6.07) is 8.61. The first kappa shape index (κ1) is 23.4. The molecule has 2 rings (SSSR count). The van der Waals surface area contributed by atoms with Crippen LogP contribution in [-0.2, 0) is 28.3 Å². The van der Waals surface area contributed by atoms with Crippen LogP contribution in [0.25, 0.3) is 10.1 Å². The molecule has 0 radical (unpaired) electrons. The van der Waals surface area contributed by atoms with Crippen molar-refractivity contribution in [1.82, 2.24) is 0 Å². The average Bonchev–Trinajstić information content (AvgIpc) is 3.00. The van der Waals surface area contributed by atoms with Crippen LogP contribution in [0, 0.1) is 0 Å². The molecule has 2 nitrogen and oxygen atoms in total. The number of hydrogen-bond acceptors (Lipinski definition) is 3. The molecule has 0 bridgehead atoms. The van der Waals surface area contributed by atoms with E-state index in [0.717, 1.165) is 13.2 Å². The van der Waals surface area contributed by atoms with E-state index in [4.69, 9.17) is 4.74 Å². The molecule has 0 N–H and O–H groups in total. The quantitative estimate of drug-likeness (QED) is 0.512. The van der Waals surface area contributed by atoms with E-state index in [9.17, 15) is 0 Å². The third-order valence-corrected chi connectivity index (χ3v) is 4.85. The summed E-state index contributed by atoms with van der Waals surface area (Å²) in [7, 11) is 4.21. The topological polar surface area (TPSA) is 12.5 Å². The third-order valence-electron chi connectivity index (χ3n) is 3.47. The number of anilines is 1. The average molecular weight is 387 g/mol. The molecule has 0 aliphatic carbocycles. The molecule has 2 aromatic rings. The first-order chi connectivity index (χ1) is 11.7. The summed E-state index contributed by atoms with van der Waals surface area (Å²) >= 11 is 3.91. The maximum absolute atomic E-state index is 5.90. The molecule has 0 saturated heterocycles. The van der Waals surface area contributed by atoms with Crippen molar-refractivity contribution < 1.29 is 21.7 Å². The Morgan fingerprint density at radius 3 is 2.38 bits per heavy atom. The molecular weight excluding hydrogens is 353 g/mol. The fourth-order valence-corrected chi connectivity index (χ4v) is 3.52. The predicted molar refractivity (Wildman–Crippen MR) is 108 cm³/mol. The Labute approximate surface area is 161 Å². The Morgan fingerprint density at radius 1 is 1.08 bits per heavy atom. The Hall–Kier alpha value is -0.606. The van der Waals surface area contributed by atoms with Crippen LogP contribution in [0.1, 0.15) is 52.0 Å². The standard InChI is InChI=1S/C17H25NOS.C2H6.CH2.V/c1-4-5-6-9-12-19-13-15-14-10-7-8-11-16(14)20-17(15)18(2)3;1-2;;/h7-8,10-11H,4-6,9,12-13H2,1-3H3;1-2H3;1H2;. The molecule has 0 spiro atoms. The summed E-state index contributed by atoms with van der Waals surface area (Å²) in [5, 5.41) is 5.85. The van der Waals surface area contributed by atoms with Crippen LogP contribution in [-0.4, -0.2) is 25.9 Å². The Kier molecular flexibility index (Phi) is 14.3. The van der Waals surface area contributed by atoms with Crippen molar-refractivity contribution in [3.05, 3.63) is 29.8 Å². The van der Waals surface area contributed by atoms with Gasteiger partial charge in [0.1, 0.15) is 0 Å². The van der Waals surface area contributed by atoms with E-state index in [-0.39, 0.29) is 0 Å². The van der Waals surface area contributed by atoms with Gasteiger partial charge in [0.05, 0.1) is 11.6 Å². The zero-order valence-electron chi connectivity index (χ0n) is 16.0. The van der Waals surface area contributed by atoms with Crippen LogP contribution in [0.3, 0.4) is 0 Å². The first-order valence-corrected chi connectivity index (χ1v) is 10.6. The summed E-state index contributed by atoms with van der Waals surface area (Å²) in [6.07, 6.45) is 5.04. The Balaban J connectivity index is 0.00000123. The van der Waals surface area contributed by atoms with Crippen LogP contribution < -0.4 is 4.90 Å². The summed E-state index contributed by atoms with van der Waals surface area (Å²) in [4.78, 5) is 2.19.